The summed E-state index contributed by atoms with van der Waals surface area (Å²) in [5, 5.41) is 8.85. The quantitative estimate of drug-likeness (QED) is 0.835. The zero-order valence-electron chi connectivity index (χ0n) is 8.53. The van der Waals surface area contributed by atoms with Crippen molar-refractivity contribution in [2.75, 3.05) is 0 Å². The molecule has 0 saturated heterocycles. The van der Waals surface area contributed by atoms with Crippen LogP contribution in [-0.4, -0.2) is 16.6 Å². The summed E-state index contributed by atoms with van der Waals surface area (Å²) in [6.07, 6.45) is 1.14. The predicted molar refractivity (Wildman–Crippen MR) is 67.7 cm³/mol. The number of carbonyl (C=O) groups is 1. The van der Waals surface area contributed by atoms with Crippen LogP contribution < -0.4 is 5.73 Å². The van der Waals surface area contributed by atoms with Crippen molar-refractivity contribution in [1.82, 2.24) is 0 Å². The van der Waals surface area contributed by atoms with Crippen molar-refractivity contribution in [2.45, 2.75) is 25.3 Å². The van der Waals surface area contributed by atoms with E-state index in [0.29, 0.717) is 12.8 Å². The van der Waals surface area contributed by atoms with Crippen LogP contribution >= 0.6 is 22.6 Å². The van der Waals surface area contributed by atoms with Crippen LogP contribution in [-0.2, 0) is 11.2 Å². The van der Waals surface area contributed by atoms with E-state index in [2.05, 4.69) is 22.6 Å². The number of nitrogens with two attached hydrogens (primary N) is 1. The fourth-order valence-electron chi connectivity index (χ4n) is 1.20. The van der Waals surface area contributed by atoms with Crippen LogP contribution in [0, 0.1) is 3.57 Å². The molecule has 0 heterocycles. The molecule has 0 aliphatic carbocycles. The van der Waals surface area contributed by atoms with Crippen LogP contribution in [0.15, 0.2) is 24.3 Å². The van der Waals surface area contributed by atoms with Gasteiger partial charge in [0.25, 0.3) is 0 Å². The Morgan fingerprint density at radius 3 is 2.80 bits per heavy atom. The van der Waals surface area contributed by atoms with Gasteiger partial charge in [-0.15, -0.1) is 0 Å². The Morgan fingerprint density at radius 2 is 2.27 bits per heavy atom. The first kappa shape index (κ1) is 12.4. The maximum absolute atomic E-state index is 10.8. The molecule has 15 heavy (non-hydrogen) atoms. The molecule has 0 aliphatic rings. The molecule has 1 aromatic rings. The Balaban J connectivity index is 2.61. The Kier molecular flexibility index (Phi) is 4.10. The number of aliphatic carboxylic acids is 1. The Morgan fingerprint density at radius 1 is 1.60 bits per heavy atom. The lowest BCUT2D eigenvalue weighted by Gasteiger charge is -2.18. The van der Waals surface area contributed by atoms with Gasteiger partial charge >= 0.3 is 5.97 Å². The molecule has 0 radical (unpaired) electrons. The van der Waals surface area contributed by atoms with Crippen LogP contribution in [0.1, 0.15) is 18.9 Å². The fraction of sp³-hybridized carbons (Fsp3) is 0.364. The van der Waals surface area contributed by atoms with Crippen molar-refractivity contribution in [3.8, 4) is 0 Å². The molecule has 1 unspecified atom stereocenters. The topological polar surface area (TPSA) is 63.3 Å². The van der Waals surface area contributed by atoms with E-state index in [1.54, 1.807) is 6.92 Å². The van der Waals surface area contributed by atoms with E-state index in [-0.39, 0.29) is 0 Å². The van der Waals surface area contributed by atoms with Gasteiger partial charge in [-0.25, -0.2) is 0 Å². The molecule has 1 rings (SSSR count). The zero-order chi connectivity index (χ0) is 11.5. The Hall–Kier alpha value is -0.620. The van der Waals surface area contributed by atoms with E-state index in [1.807, 2.05) is 24.3 Å². The number of hydrogen-bond donors (Lipinski definition) is 2. The smallest absolute Gasteiger partial charge is 0.323 e. The van der Waals surface area contributed by atoms with E-state index in [4.69, 9.17) is 10.8 Å². The highest BCUT2D eigenvalue weighted by Gasteiger charge is 2.27. The van der Waals surface area contributed by atoms with Gasteiger partial charge in [0.05, 0.1) is 0 Å². The maximum atomic E-state index is 10.8. The summed E-state index contributed by atoms with van der Waals surface area (Å²) in [7, 11) is 0. The van der Waals surface area contributed by atoms with Gasteiger partial charge in [0.2, 0.25) is 0 Å². The molecular weight excluding hydrogens is 305 g/mol. The van der Waals surface area contributed by atoms with Gasteiger partial charge in [-0.1, -0.05) is 12.1 Å². The minimum absolute atomic E-state index is 0.447. The summed E-state index contributed by atoms with van der Waals surface area (Å²) in [6.45, 7) is 1.54. The number of carboxylic acid groups (broad SMARTS) is 1. The summed E-state index contributed by atoms with van der Waals surface area (Å²) in [5.41, 5.74) is 5.63. The Bertz CT molecular complexity index is 363. The van der Waals surface area contributed by atoms with Crippen molar-refractivity contribution < 1.29 is 9.90 Å². The summed E-state index contributed by atoms with van der Waals surface area (Å²) in [5.74, 6) is -0.951. The second-order valence-electron chi connectivity index (χ2n) is 3.85. The van der Waals surface area contributed by atoms with Crippen LogP contribution in [0.5, 0.6) is 0 Å². The molecule has 82 valence electrons. The molecule has 3 nitrogen and oxygen atoms in total. The monoisotopic (exact) mass is 319 g/mol. The molecule has 0 aliphatic heterocycles. The third kappa shape index (κ3) is 3.79. The van der Waals surface area contributed by atoms with Gasteiger partial charge in [0.15, 0.2) is 0 Å². The molecular formula is C11H14INO2. The molecule has 0 amide bonds. The zero-order valence-corrected chi connectivity index (χ0v) is 10.7. The summed E-state index contributed by atoms with van der Waals surface area (Å²) < 4.78 is 1.15. The van der Waals surface area contributed by atoms with E-state index < -0.39 is 11.5 Å². The Labute approximate surface area is 103 Å². The lowest BCUT2D eigenvalue weighted by Crippen LogP contribution is -2.45. The second kappa shape index (κ2) is 4.94. The molecule has 0 fully saturated rings. The molecule has 0 aromatic heterocycles. The van der Waals surface area contributed by atoms with Crippen molar-refractivity contribution in [2.24, 2.45) is 5.73 Å². The number of hydrogen-bond acceptors (Lipinski definition) is 2. The molecule has 1 atom stereocenters. The lowest BCUT2D eigenvalue weighted by atomic mass is 9.95. The van der Waals surface area contributed by atoms with Crippen molar-refractivity contribution in [3.05, 3.63) is 33.4 Å². The number of halogens is 1. The average molecular weight is 319 g/mol. The van der Waals surface area contributed by atoms with Crippen LogP contribution in [0.25, 0.3) is 0 Å². The van der Waals surface area contributed by atoms with Crippen LogP contribution in [0.4, 0.5) is 0 Å². The number of carboxylic acids is 1. The average Bonchev–Trinajstić information content (AvgIpc) is 2.15. The van der Waals surface area contributed by atoms with Crippen LogP contribution in [0.2, 0.25) is 0 Å². The minimum atomic E-state index is -1.14. The molecule has 3 N–H and O–H groups in total. The maximum Gasteiger partial charge on any atom is 0.323 e. The molecule has 0 spiro atoms. The largest absolute Gasteiger partial charge is 0.480 e. The van der Waals surface area contributed by atoms with Gasteiger partial charge in [0, 0.05) is 3.57 Å². The van der Waals surface area contributed by atoms with Gasteiger partial charge in [-0.3, -0.25) is 4.79 Å². The summed E-state index contributed by atoms with van der Waals surface area (Å²) >= 11 is 2.23. The van der Waals surface area contributed by atoms with E-state index in [0.717, 1.165) is 9.13 Å². The van der Waals surface area contributed by atoms with E-state index >= 15 is 0 Å². The number of benzene rings is 1. The number of rotatable bonds is 4. The predicted octanol–water partition coefficient (Wildman–Crippen LogP) is 2.03. The fourth-order valence-corrected chi connectivity index (χ4v) is 1.81. The van der Waals surface area contributed by atoms with Crippen molar-refractivity contribution in [3.63, 3.8) is 0 Å². The molecule has 4 heteroatoms. The van der Waals surface area contributed by atoms with Gasteiger partial charge < -0.3 is 10.8 Å². The highest BCUT2D eigenvalue weighted by Crippen LogP contribution is 2.14. The second-order valence-corrected chi connectivity index (χ2v) is 5.10. The first-order valence-corrected chi connectivity index (χ1v) is 5.76. The highest BCUT2D eigenvalue weighted by molar-refractivity contribution is 14.1. The van der Waals surface area contributed by atoms with Gasteiger partial charge in [0.1, 0.15) is 5.54 Å². The lowest BCUT2D eigenvalue weighted by molar-refractivity contribution is -0.142. The molecule has 0 saturated carbocycles. The minimum Gasteiger partial charge on any atom is -0.480 e. The highest BCUT2D eigenvalue weighted by atomic mass is 127. The normalized spacial score (nSPS) is 14.6. The third-order valence-corrected chi connectivity index (χ3v) is 2.98. The third-order valence-electron chi connectivity index (χ3n) is 2.31. The van der Waals surface area contributed by atoms with E-state index in [9.17, 15) is 4.79 Å². The van der Waals surface area contributed by atoms with Gasteiger partial charge in [-0.05, 0) is 60.1 Å². The first-order chi connectivity index (χ1) is 6.92. The number of aryl methyl sites for hydroxylation is 1. The van der Waals surface area contributed by atoms with Crippen molar-refractivity contribution in [1.29, 1.82) is 0 Å². The van der Waals surface area contributed by atoms with Crippen LogP contribution in [0.3, 0.4) is 0 Å². The summed E-state index contributed by atoms with van der Waals surface area (Å²) in [6, 6.07) is 7.99. The summed E-state index contributed by atoms with van der Waals surface area (Å²) in [4.78, 5) is 10.8. The standard InChI is InChI=1S/C11H14INO2/c1-11(13,10(14)15)6-5-8-3-2-4-9(12)7-8/h2-4,7H,5-6,13H2,1H3,(H,14,15). The van der Waals surface area contributed by atoms with E-state index in [1.165, 1.54) is 0 Å². The molecule has 0 bridgehead atoms. The first-order valence-electron chi connectivity index (χ1n) is 4.68. The van der Waals surface area contributed by atoms with Crippen molar-refractivity contribution >= 4 is 28.6 Å². The van der Waals surface area contributed by atoms with Gasteiger partial charge in [-0.2, -0.15) is 0 Å². The SMILES string of the molecule is CC(N)(CCc1cccc(I)c1)C(=O)O. The molecule has 1 aromatic carbocycles.